The first-order chi connectivity index (χ1) is 10.7. The molecule has 0 spiro atoms. The van der Waals surface area contributed by atoms with Crippen molar-refractivity contribution in [2.24, 2.45) is 0 Å². The molecular formula is C17H15BN2O2. The first-order valence-corrected chi connectivity index (χ1v) is 7.05. The van der Waals surface area contributed by atoms with Gasteiger partial charge in [0.05, 0.1) is 12.0 Å². The maximum Gasteiger partial charge on any atom is 0.200 e. The summed E-state index contributed by atoms with van der Waals surface area (Å²) in [5.74, 6) is 0.608. The Balaban J connectivity index is 1.76. The zero-order valence-electron chi connectivity index (χ0n) is 12.2. The molecule has 108 valence electrons. The van der Waals surface area contributed by atoms with Crippen LogP contribution in [0.5, 0.6) is 5.75 Å². The molecule has 0 saturated carbocycles. The predicted molar refractivity (Wildman–Crippen MR) is 88.5 cm³/mol. The minimum absolute atomic E-state index is 0.00485. The molecule has 22 heavy (non-hydrogen) atoms. The Morgan fingerprint density at radius 1 is 1.18 bits per heavy atom. The summed E-state index contributed by atoms with van der Waals surface area (Å²) in [6.07, 6.45) is 3.41. The van der Waals surface area contributed by atoms with Gasteiger partial charge in [0.2, 0.25) is 0 Å². The lowest BCUT2D eigenvalue weighted by Gasteiger charge is -2.09. The van der Waals surface area contributed by atoms with Gasteiger partial charge in [-0.05, 0) is 12.1 Å². The summed E-state index contributed by atoms with van der Waals surface area (Å²) in [7, 11) is 1.96. The maximum atomic E-state index is 12.2. The van der Waals surface area contributed by atoms with E-state index in [0.29, 0.717) is 11.3 Å². The van der Waals surface area contributed by atoms with Gasteiger partial charge < -0.3 is 9.72 Å². The lowest BCUT2D eigenvalue weighted by Crippen LogP contribution is -2.14. The van der Waals surface area contributed by atoms with Crippen molar-refractivity contribution in [2.45, 2.75) is 0 Å². The highest BCUT2D eigenvalue weighted by Crippen LogP contribution is 2.27. The second kappa shape index (κ2) is 6.31. The number of ketones is 1. The van der Waals surface area contributed by atoms with Crippen molar-refractivity contribution in [3.8, 4) is 17.0 Å². The number of H-pyrrole nitrogens is 1. The Kier molecular flexibility index (Phi) is 4.05. The molecule has 0 saturated heterocycles. The highest BCUT2D eigenvalue weighted by atomic mass is 16.5. The number of nitrogens with one attached hydrogen (secondary N) is 1. The fourth-order valence-electron chi connectivity index (χ4n) is 2.26. The van der Waals surface area contributed by atoms with E-state index in [1.165, 1.54) is 0 Å². The summed E-state index contributed by atoms with van der Waals surface area (Å²) in [6, 6.07) is 15.1. The second-order valence-corrected chi connectivity index (χ2v) is 5.03. The molecule has 1 N–H and O–H groups in total. The average molecular weight is 290 g/mol. The van der Waals surface area contributed by atoms with Gasteiger partial charge in [-0.3, -0.25) is 4.79 Å². The minimum atomic E-state index is -0.0412. The number of rotatable bonds is 5. The molecule has 0 atom stereocenters. The van der Waals surface area contributed by atoms with E-state index in [-0.39, 0.29) is 12.4 Å². The molecule has 2 aromatic carbocycles. The van der Waals surface area contributed by atoms with E-state index in [1.54, 1.807) is 18.6 Å². The van der Waals surface area contributed by atoms with Crippen LogP contribution in [0.15, 0.2) is 61.1 Å². The number of Topliss-reactive ketones (excluding diaryl/α,β-unsaturated/α-hetero) is 1. The topological polar surface area (TPSA) is 55.0 Å². The van der Waals surface area contributed by atoms with Crippen LogP contribution in [-0.4, -0.2) is 30.2 Å². The standard InChI is InChI=1S/C17H15BN2O2/c18-13-5-3-4-12(8-13)16(21)10-22-17-7-2-1-6-14(17)15-9-19-11-20-15/h1-9,11H,10,18H2,(H,19,20). The summed E-state index contributed by atoms with van der Waals surface area (Å²) in [5, 5.41) is 0. The van der Waals surface area contributed by atoms with Gasteiger partial charge in [0, 0.05) is 17.3 Å². The number of carbonyl (C=O) groups excluding carboxylic acids is 1. The van der Waals surface area contributed by atoms with E-state index < -0.39 is 0 Å². The fourth-order valence-corrected chi connectivity index (χ4v) is 2.26. The van der Waals surface area contributed by atoms with Crippen molar-refractivity contribution in [3.63, 3.8) is 0 Å². The molecule has 0 fully saturated rings. The van der Waals surface area contributed by atoms with Crippen LogP contribution in [0.2, 0.25) is 0 Å². The zero-order valence-corrected chi connectivity index (χ0v) is 12.2. The van der Waals surface area contributed by atoms with Crippen molar-refractivity contribution < 1.29 is 9.53 Å². The summed E-state index contributed by atoms with van der Waals surface area (Å²) in [6.45, 7) is 0.00485. The Morgan fingerprint density at radius 2 is 2.05 bits per heavy atom. The number of para-hydroxylation sites is 1. The van der Waals surface area contributed by atoms with Gasteiger partial charge in [0.15, 0.2) is 12.4 Å². The van der Waals surface area contributed by atoms with Crippen LogP contribution in [0.4, 0.5) is 0 Å². The number of ether oxygens (including phenoxy) is 1. The number of imidazole rings is 1. The van der Waals surface area contributed by atoms with E-state index in [9.17, 15) is 4.79 Å². The van der Waals surface area contributed by atoms with Gasteiger partial charge >= 0.3 is 0 Å². The van der Waals surface area contributed by atoms with Crippen LogP contribution in [0.25, 0.3) is 11.3 Å². The Morgan fingerprint density at radius 3 is 2.82 bits per heavy atom. The van der Waals surface area contributed by atoms with Gasteiger partial charge in [-0.1, -0.05) is 41.9 Å². The number of nitrogens with zero attached hydrogens (tertiary/aromatic N) is 1. The SMILES string of the molecule is Bc1cccc(C(=O)COc2ccccc2-c2c[nH]cn2)c1. The smallest absolute Gasteiger partial charge is 0.200 e. The van der Waals surface area contributed by atoms with E-state index >= 15 is 0 Å². The number of carbonyl (C=O) groups is 1. The van der Waals surface area contributed by atoms with Crippen LogP contribution in [0, 0.1) is 0 Å². The molecule has 0 radical (unpaired) electrons. The molecule has 5 heteroatoms. The number of aromatic nitrogens is 2. The maximum absolute atomic E-state index is 12.2. The normalized spacial score (nSPS) is 10.4. The second-order valence-electron chi connectivity index (χ2n) is 5.03. The average Bonchev–Trinajstić information content (AvgIpc) is 3.07. The molecular weight excluding hydrogens is 275 g/mol. The van der Waals surface area contributed by atoms with Crippen LogP contribution >= 0.6 is 0 Å². The van der Waals surface area contributed by atoms with Gasteiger partial charge in [0.25, 0.3) is 0 Å². The third-order valence-corrected chi connectivity index (χ3v) is 3.36. The largest absolute Gasteiger partial charge is 0.485 e. The molecule has 4 nitrogen and oxygen atoms in total. The van der Waals surface area contributed by atoms with E-state index in [0.717, 1.165) is 16.7 Å². The van der Waals surface area contributed by atoms with E-state index in [4.69, 9.17) is 4.74 Å². The summed E-state index contributed by atoms with van der Waals surface area (Å²) in [4.78, 5) is 19.4. The van der Waals surface area contributed by atoms with Crippen molar-refractivity contribution in [1.29, 1.82) is 0 Å². The third-order valence-electron chi connectivity index (χ3n) is 3.36. The number of hydrogen-bond donors (Lipinski definition) is 1. The van der Waals surface area contributed by atoms with Crippen LogP contribution in [0.1, 0.15) is 10.4 Å². The Bertz CT molecular complexity index is 785. The molecule has 0 amide bonds. The Labute approximate surface area is 129 Å². The molecule has 3 aromatic rings. The molecule has 1 heterocycles. The molecule has 0 aliphatic rings. The zero-order chi connectivity index (χ0) is 15.4. The van der Waals surface area contributed by atoms with Gasteiger partial charge in [-0.15, -0.1) is 0 Å². The van der Waals surface area contributed by atoms with Crippen molar-refractivity contribution in [1.82, 2.24) is 9.97 Å². The lowest BCUT2D eigenvalue weighted by atomic mass is 9.93. The molecule has 0 bridgehead atoms. The highest BCUT2D eigenvalue weighted by molar-refractivity contribution is 6.32. The monoisotopic (exact) mass is 290 g/mol. The minimum Gasteiger partial charge on any atom is -0.485 e. The van der Waals surface area contributed by atoms with Crippen molar-refractivity contribution >= 4 is 19.1 Å². The van der Waals surface area contributed by atoms with Gasteiger partial charge in [-0.2, -0.15) is 0 Å². The first-order valence-electron chi connectivity index (χ1n) is 7.05. The summed E-state index contributed by atoms with van der Waals surface area (Å²) >= 11 is 0. The molecule has 3 rings (SSSR count). The number of aromatic amines is 1. The molecule has 0 aliphatic carbocycles. The number of benzene rings is 2. The van der Waals surface area contributed by atoms with Crippen molar-refractivity contribution in [2.75, 3.05) is 6.61 Å². The van der Waals surface area contributed by atoms with Crippen molar-refractivity contribution in [3.05, 3.63) is 66.6 Å². The van der Waals surface area contributed by atoms with E-state index in [1.807, 2.05) is 50.3 Å². The summed E-state index contributed by atoms with van der Waals surface area (Å²) in [5.41, 5.74) is 3.37. The summed E-state index contributed by atoms with van der Waals surface area (Å²) < 4.78 is 5.71. The highest BCUT2D eigenvalue weighted by Gasteiger charge is 2.11. The van der Waals surface area contributed by atoms with Gasteiger partial charge in [0.1, 0.15) is 13.6 Å². The third kappa shape index (κ3) is 3.09. The van der Waals surface area contributed by atoms with E-state index in [2.05, 4.69) is 9.97 Å². The Hall–Kier alpha value is -2.82. The van der Waals surface area contributed by atoms with Crippen LogP contribution in [-0.2, 0) is 0 Å². The molecule has 0 unspecified atom stereocenters. The number of hydrogen-bond acceptors (Lipinski definition) is 3. The molecule has 1 aromatic heterocycles. The molecule has 0 aliphatic heterocycles. The van der Waals surface area contributed by atoms with Gasteiger partial charge in [-0.25, -0.2) is 4.98 Å². The quantitative estimate of drug-likeness (QED) is 0.573. The predicted octanol–water partition coefficient (Wildman–Crippen LogP) is 1.60. The van der Waals surface area contributed by atoms with Crippen LogP contribution in [0.3, 0.4) is 0 Å². The lowest BCUT2D eigenvalue weighted by molar-refractivity contribution is 0.0922. The fraction of sp³-hybridized carbons (Fsp3) is 0.0588. The first kappa shape index (κ1) is 14.1. The van der Waals surface area contributed by atoms with Crippen LogP contribution < -0.4 is 10.2 Å².